The van der Waals surface area contributed by atoms with E-state index in [9.17, 15) is 13.2 Å². The third kappa shape index (κ3) is 6.34. The molecule has 1 N–H and O–H groups in total. The summed E-state index contributed by atoms with van der Waals surface area (Å²) in [7, 11) is -1.87. The van der Waals surface area contributed by atoms with Gasteiger partial charge in [-0.1, -0.05) is 18.5 Å². The number of carbonyl (C=O) groups is 2. The van der Waals surface area contributed by atoms with Gasteiger partial charge in [0.15, 0.2) is 5.54 Å². The van der Waals surface area contributed by atoms with Crippen molar-refractivity contribution in [1.29, 1.82) is 0 Å². The molecule has 0 aliphatic carbocycles. The van der Waals surface area contributed by atoms with Gasteiger partial charge in [-0.15, -0.1) is 0 Å². The number of carbonyl (C=O) groups excluding carboxylic acids is 2. The molecule has 2 saturated heterocycles. The van der Waals surface area contributed by atoms with E-state index >= 15 is 4.79 Å². The molecule has 6 rings (SSSR count). The van der Waals surface area contributed by atoms with Gasteiger partial charge in [0.1, 0.15) is 16.4 Å². The molecular weight excluding hydrogens is 684 g/mol. The lowest BCUT2D eigenvalue weighted by molar-refractivity contribution is -0.121. The summed E-state index contributed by atoms with van der Waals surface area (Å²) >= 11 is 6.55. The van der Waals surface area contributed by atoms with Crippen LogP contribution in [-0.4, -0.2) is 113 Å². The molecular formula is C35H43ClN6O7S. The van der Waals surface area contributed by atoms with Crippen molar-refractivity contribution in [3.63, 3.8) is 0 Å². The number of anilines is 1. The molecule has 0 saturated carbocycles. The zero-order valence-corrected chi connectivity index (χ0v) is 30.3. The van der Waals surface area contributed by atoms with Gasteiger partial charge < -0.3 is 29.3 Å². The number of piperazine rings is 1. The number of nitrogens with one attached hydrogen (secondary N) is 1. The summed E-state index contributed by atoms with van der Waals surface area (Å²) in [5.41, 5.74) is -1.72. The molecule has 1 unspecified atom stereocenters. The molecule has 1 aromatic heterocycles. The van der Waals surface area contributed by atoms with Crippen LogP contribution in [0.2, 0.25) is 5.02 Å². The molecule has 4 heterocycles. The first-order chi connectivity index (χ1) is 24.1. The van der Waals surface area contributed by atoms with E-state index in [0.29, 0.717) is 42.3 Å². The minimum atomic E-state index is -4.65. The maximum absolute atomic E-state index is 15.1. The zero-order valence-electron chi connectivity index (χ0n) is 28.7. The topological polar surface area (TPSA) is 134 Å². The summed E-state index contributed by atoms with van der Waals surface area (Å²) in [5.74, 6) is -0.537. The van der Waals surface area contributed by atoms with Crippen molar-refractivity contribution < 1.29 is 32.2 Å². The number of fused-ring (bicyclic) bond motifs is 1. The second kappa shape index (κ2) is 14.6. The fourth-order valence-electron chi connectivity index (χ4n) is 7.19. The summed E-state index contributed by atoms with van der Waals surface area (Å²) in [4.78, 5) is 40.1. The van der Waals surface area contributed by atoms with E-state index in [0.717, 1.165) is 32.5 Å². The molecule has 268 valence electrons. The molecule has 0 bridgehead atoms. The number of likely N-dealkylation sites (tertiary alicyclic amines) is 1. The molecule has 0 radical (unpaired) electrons. The van der Waals surface area contributed by atoms with Gasteiger partial charge >= 0.3 is 6.03 Å². The second-order valence-corrected chi connectivity index (χ2v) is 14.6. The van der Waals surface area contributed by atoms with Gasteiger partial charge in [0.2, 0.25) is 5.88 Å². The lowest BCUT2D eigenvalue weighted by Gasteiger charge is -2.43. The number of ether oxygens (including phenoxy) is 3. The minimum Gasteiger partial charge on any atom is -0.497 e. The number of methoxy groups -OCH3 is 2. The highest BCUT2D eigenvalue weighted by Gasteiger charge is 2.59. The average molecular weight is 727 g/mol. The minimum absolute atomic E-state index is 0.0205. The van der Waals surface area contributed by atoms with Gasteiger partial charge in [-0.25, -0.2) is 18.2 Å². The number of sulfonamides is 1. The van der Waals surface area contributed by atoms with Crippen molar-refractivity contribution >= 4 is 39.2 Å². The predicted octanol–water partition coefficient (Wildman–Crippen LogP) is 3.94. The van der Waals surface area contributed by atoms with Crippen molar-refractivity contribution in [3.8, 4) is 17.4 Å². The van der Waals surface area contributed by atoms with Gasteiger partial charge in [-0.3, -0.25) is 9.69 Å². The molecule has 3 amide bonds. The van der Waals surface area contributed by atoms with Gasteiger partial charge in [0, 0.05) is 55.1 Å². The normalized spacial score (nSPS) is 20.5. The summed E-state index contributed by atoms with van der Waals surface area (Å²) in [6, 6.07) is 11.8. The Bertz CT molecular complexity index is 1850. The first kappa shape index (κ1) is 35.7. The number of benzene rings is 2. The Morgan fingerprint density at radius 3 is 2.38 bits per heavy atom. The Hall–Kier alpha value is -4.11. The zero-order chi connectivity index (χ0) is 35.6. The van der Waals surface area contributed by atoms with Crippen molar-refractivity contribution in [2.45, 2.75) is 43.2 Å². The van der Waals surface area contributed by atoms with Gasteiger partial charge in [-0.2, -0.15) is 4.31 Å². The monoisotopic (exact) mass is 726 g/mol. The lowest BCUT2D eigenvalue weighted by Crippen LogP contribution is -2.61. The first-order valence-electron chi connectivity index (χ1n) is 16.8. The molecule has 2 aromatic carbocycles. The van der Waals surface area contributed by atoms with Crippen LogP contribution in [0.1, 0.15) is 37.8 Å². The SMILES string of the molecule is CCOc1ncccc1C1(NC(=O)N2CCN(C3CCN(CC)CC3)CC2)C(=O)N(S(=O)(=O)c2ccc(OC)cc2OC)c2ccc(Cl)cc21. The van der Waals surface area contributed by atoms with Crippen LogP contribution in [-0.2, 0) is 20.4 Å². The average Bonchev–Trinajstić information content (AvgIpc) is 3.38. The molecule has 3 aliphatic rings. The second-order valence-electron chi connectivity index (χ2n) is 12.4. The number of rotatable bonds is 10. The molecule has 2 fully saturated rings. The van der Waals surface area contributed by atoms with Crippen LogP contribution in [0.15, 0.2) is 59.6 Å². The number of amides is 3. The quantitative estimate of drug-likeness (QED) is 0.328. The van der Waals surface area contributed by atoms with E-state index in [1.807, 2.05) is 0 Å². The van der Waals surface area contributed by atoms with E-state index in [1.54, 1.807) is 24.0 Å². The molecule has 50 heavy (non-hydrogen) atoms. The maximum atomic E-state index is 15.1. The van der Waals surface area contributed by atoms with Crippen molar-refractivity contribution in [2.75, 3.05) is 70.9 Å². The van der Waals surface area contributed by atoms with E-state index in [4.69, 9.17) is 25.8 Å². The molecule has 0 spiro atoms. The lowest BCUT2D eigenvalue weighted by atomic mass is 9.84. The number of hydrogen-bond acceptors (Lipinski definition) is 10. The van der Waals surface area contributed by atoms with Crippen LogP contribution in [0.3, 0.4) is 0 Å². The summed E-state index contributed by atoms with van der Waals surface area (Å²) in [5, 5.41) is 3.23. The number of urea groups is 1. The highest BCUT2D eigenvalue weighted by atomic mass is 35.5. The van der Waals surface area contributed by atoms with Gasteiger partial charge in [0.05, 0.1) is 32.1 Å². The smallest absolute Gasteiger partial charge is 0.318 e. The largest absolute Gasteiger partial charge is 0.497 e. The van der Waals surface area contributed by atoms with Crippen LogP contribution in [0.5, 0.6) is 17.4 Å². The molecule has 3 aliphatic heterocycles. The fraction of sp³-hybridized carbons (Fsp3) is 0.457. The van der Waals surface area contributed by atoms with E-state index < -0.39 is 27.5 Å². The van der Waals surface area contributed by atoms with Crippen LogP contribution in [0.4, 0.5) is 10.5 Å². The highest BCUT2D eigenvalue weighted by molar-refractivity contribution is 7.93. The van der Waals surface area contributed by atoms with Crippen LogP contribution < -0.4 is 23.8 Å². The van der Waals surface area contributed by atoms with E-state index in [-0.39, 0.29) is 45.0 Å². The molecule has 15 heteroatoms. The number of nitrogens with zero attached hydrogens (tertiary/aromatic N) is 5. The van der Waals surface area contributed by atoms with Crippen molar-refractivity contribution in [1.82, 2.24) is 25.0 Å². The summed E-state index contributed by atoms with van der Waals surface area (Å²) < 4.78 is 46.5. The highest BCUT2D eigenvalue weighted by Crippen LogP contribution is 2.50. The van der Waals surface area contributed by atoms with Crippen molar-refractivity contribution in [2.24, 2.45) is 0 Å². The van der Waals surface area contributed by atoms with Crippen LogP contribution in [0.25, 0.3) is 0 Å². The number of pyridine rings is 1. The fourth-order valence-corrected chi connectivity index (χ4v) is 8.97. The number of piperidine rings is 1. The molecule has 3 aromatic rings. The predicted molar refractivity (Wildman–Crippen MR) is 189 cm³/mol. The van der Waals surface area contributed by atoms with Crippen LogP contribution in [0, 0.1) is 0 Å². The Morgan fingerprint density at radius 2 is 1.72 bits per heavy atom. The third-order valence-corrected chi connectivity index (χ3v) is 11.8. The summed E-state index contributed by atoms with van der Waals surface area (Å²) in [6.45, 7) is 9.55. The Morgan fingerprint density at radius 1 is 0.980 bits per heavy atom. The Kier molecular flexibility index (Phi) is 10.4. The van der Waals surface area contributed by atoms with Crippen molar-refractivity contribution in [3.05, 3.63) is 70.9 Å². The first-order valence-corrected chi connectivity index (χ1v) is 18.6. The Labute approximate surface area is 298 Å². The third-order valence-electron chi connectivity index (χ3n) is 9.85. The molecule has 13 nitrogen and oxygen atoms in total. The Balaban J connectivity index is 1.41. The van der Waals surface area contributed by atoms with Crippen LogP contribution >= 0.6 is 11.6 Å². The van der Waals surface area contributed by atoms with Gasteiger partial charge in [-0.05, 0) is 81.9 Å². The van der Waals surface area contributed by atoms with Gasteiger partial charge in [0.25, 0.3) is 15.9 Å². The number of aromatic nitrogens is 1. The number of hydrogen-bond donors (Lipinski definition) is 1. The maximum Gasteiger partial charge on any atom is 0.318 e. The van der Waals surface area contributed by atoms with E-state index in [2.05, 4.69) is 27.0 Å². The standard InChI is InChI=1S/C35H43ClN6O7S/c1-5-39-16-13-25(14-17-39)40-18-20-41(21-19-40)34(44)38-35(27-8-7-15-37-32(27)49-6-2)28-22-24(36)9-11-29(28)42(33(35)43)50(45,46)31-12-10-26(47-3)23-30(31)48-4/h7-12,15,22-23,25H,5-6,13-14,16-21H2,1-4H3,(H,38,44). The van der Waals surface area contributed by atoms with E-state index in [1.165, 1.54) is 56.8 Å². The summed E-state index contributed by atoms with van der Waals surface area (Å²) in [6.07, 6.45) is 3.67. The number of halogens is 1. The molecule has 1 atom stereocenters.